The minimum atomic E-state index is -1.58. The molecule has 2 atom stereocenters. The lowest BCUT2D eigenvalue weighted by Crippen LogP contribution is -2.45. The maximum absolute atomic E-state index is 12.5. The summed E-state index contributed by atoms with van der Waals surface area (Å²) in [6.45, 7) is -1.06. The van der Waals surface area contributed by atoms with E-state index in [1.807, 2.05) is 6.07 Å². The lowest BCUT2D eigenvalue weighted by Gasteiger charge is -2.17. The van der Waals surface area contributed by atoms with Crippen LogP contribution in [0.4, 0.5) is 10.1 Å². The van der Waals surface area contributed by atoms with Crippen molar-refractivity contribution in [3.8, 4) is 0 Å². The molecule has 0 bridgehead atoms. The van der Waals surface area contributed by atoms with Gasteiger partial charge in [-0.3, -0.25) is 9.59 Å². The normalized spacial score (nSPS) is 19.1. The van der Waals surface area contributed by atoms with Gasteiger partial charge in [0.15, 0.2) is 6.04 Å². The molecule has 1 aromatic carbocycles. The Morgan fingerprint density at radius 1 is 1.50 bits per heavy atom. The van der Waals surface area contributed by atoms with Gasteiger partial charge in [-0.1, -0.05) is 22.0 Å². The number of carboxylic acids is 1. The molecule has 1 saturated heterocycles. The van der Waals surface area contributed by atoms with Crippen LogP contribution in [0.2, 0.25) is 0 Å². The molecule has 0 aromatic heterocycles. The zero-order valence-electron chi connectivity index (χ0n) is 11.5. The second-order valence-corrected chi connectivity index (χ2v) is 5.85. The number of carbonyl (C=O) groups excluding carboxylic acids is 2. The molecule has 0 aliphatic carbocycles. The summed E-state index contributed by atoms with van der Waals surface area (Å²) in [5, 5.41) is 10.9. The van der Waals surface area contributed by atoms with E-state index in [1.54, 1.807) is 18.2 Å². The predicted molar refractivity (Wildman–Crippen MR) is 80.1 cm³/mol. The van der Waals surface area contributed by atoms with Crippen LogP contribution in [0.3, 0.4) is 0 Å². The molecule has 0 radical (unpaired) electrons. The third-order valence-corrected chi connectivity index (χ3v) is 3.88. The van der Waals surface area contributed by atoms with E-state index in [0.717, 1.165) is 4.47 Å². The van der Waals surface area contributed by atoms with Gasteiger partial charge in [-0.25, -0.2) is 9.18 Å². The van der Waals surface area contributed by atoms with Gasteiger partial charge >= 0.3 is 5.97 Å². The largest absolute Gasteiger partial charge is 0.480 e. The second kappa shape index (κ2) is 6.87. The topological polar surface area (TPSA) is 86.7 Å². The zero-order valence-corrected chi connectivity index (χ0v) is 13.0. The molecule has 2 rings (SSSR count). The molecule has 22 heavy (non-hydrogen) atoms. The summed E-state index contributed by atoms with van der Waals surface area (Å²) >= 11 is 3.31. The second-order valence-electron chi connectivity index (χ2n) is 4.94. The van der Waals surface area contributed by atoms with E-state index in [4.69, 9.17) is 5.11 Å². The number of benzene rings is 1. The quantitative estimate of drug-likeness (QED) is 0.816. The zero-order chi connectivity index (χ0) is 16.3. The van der Waals surface area contributed by atoms with Gasteiger partial charge in [0.1, 0.15) is 6.67 Å². The van der Waals surface area contributed by atoms with Gasteiger partial charge in [0.2, 0.25) is 11.8 Å². The van der Waals surface area contributed by atoms with Crippen molar-refractivity contribution in [2.45, 2.75) is 12.5 Å². The van der Waals surface area contributed by atoms with Gasteiger partial charge in [0.05, 0.1) is 5.92 Å². The van der Waals surface area contributed by atoms with Crippen LogP contribution < -0.4 is 10.2 Å². The van der Waals surface area contributed by atoms with Crippen LogP contribution in [0.15, 0.2) is 28.7 Å². The Hall–Kier alpha value is -1.96. The molecule has 1 aromatic rings. The predicted octanol–water partition coefficient (Wildman–Crippen LogP) is 1.34. The number of halogens is 2. The number of nitrogens with zero attached hydrogens (tertiary/aromatic N) is 1. The Bertz CT molecular complexity index is 610. The lowest BCUT2D eigenvalue weighted by atomic mass is 10.1. The van der Waals surface area contributed by atoms with Crippen molar-refractivity contribution in [2.24, 2.45) is 5.92 Å². The monoisotopic (exact) mass is 372 g/mol. The van der Waals surface area contributed by atoms with Crippen molar-refractivity contribution in [1.29, 1.82) is 0 Å². The SMILES string of the molecule is O=C(NC(CF)C(=O)O)C1CC(=O)N(c2cccc(Br)c2)C1. The van der Waals surface area contributed by atoms with E-state index in [2.05, 4.69) is 21.2 Å². The number of hydrogen-bond donors (Lipinski definition) is 2. The fraction of sp³-hybridized carbons (Fsp3) is 0.357. The average Bonchev–Trinajstić information content (AvgIpc) is 2.86. The van der Waals surface area contributed by atoms with Crippen molar-refractivity contribution in [3.05, 3.63) is 28.7 Å². The van der Waals surface area contributed by atoms with Crippen molar-refractivity contribution in [1.82, 2.24) is 5.32 Å². The van der Waals surface area contributed by atoms with E-state index in [9.17, 15) is 18.8 Å². The number of alkyl halides is 1. The summed E-state index contributed by atoms with van der Waals surface area (Å²) < 4.78 is 13.3. The number of rotatable bonds is 5. The molecule has 1 aliphatic heterocycles. The van der Waals surface area contributed by atoms with Gasteiger partial charge in [-0.05, 0) is 18.2 Å². The summed E-state index contributed by atoms with van der Waals surface area (Å²) in [5.74, 6) is -3.00. The Morgan fingerprint density at radius 3 is 2.82 bits per heavy atom. The number of carboxylic acid groups (broad SMARTS) is 1. The first-order valence-electron chi connectivity index (χ1n) is 6.57. The molecule has 1 heterocycles. The average molecular weight is 373 g/mol. The summed E-state index contributed by atoms with van der Waals surface area (Å²) in [4.78, 5) is 36.2. The first kappa shape index (κ1) is 16.4. The summed E-state index contributed by atoms with van der Waals surface area (Å²) in [5.41, 5.74) is 0.648. The molecule has 2 amide bonds. The highest BCUT2D eigenvalue weighted by atomic mass is 79.9. The van der Waals surface area contributed by atoms with Crippen molar-refractivity contribution < 1.29 is 23.9 Å². The molecule has 8 heteroatoms. The fourth-order valence-corrected chi connectivity index (χ4v) is 2.62. The molecular weight excluding hydrogens is 359 g/mol. The number of aliphatic carboxylic acids is 1. The molecule has 0 spiro atoms. The third kappa shape index (κ3) is 3.62. The van der Waals surface area contributed by atoms with E-state index >= 15 is 0 Å². The van der Waals surface area contributed by atoms with Crippen molar-refractivity contribution >= 4 is 39.4 Å². The molecule has 0 saturated carbocycles. The Balaban J connectivity index is 2.06. The van der Waals surface area contributed by atoms with Crippen LogP contribution in [0.5, 0.6) is 0 Å². The minimum absolute atomic E-state index is 0.0308. The van der Waals surface area contributed by atoms with Gasteiger partial charge < -0.3 is 15.3 Å². The van der Waals surface area contributed by atoms with Gasteiger partial charge in [0, 0.05) is 23.1 Å². The summed E-state index contributed by atoms with van der Waals surface area (Å²) in [7, 11) is 0. The molecule has 118 valence electrons. The number of amides is 2. The molecule has 1 aliphatic rings. The standard InChI is InChI=1S/C14H14BrFN2O4/c15-9-2-1-3-10(5-9)18-7-8(4-12(18)19)13(20)17-11(6-16)14(21)22/h1-3,5,8,11H,4,6-7H2,(H,17,20)(H,21,22). The van der Waals surface area contributed by atoms with E-state index < -0.39 is 30.5 Å². The van der Waals surface area contributed by atoms with Crippen LogP contribution in [0.1, 0.15) is 6.42 Å². The van der Waals surface area contributed by atoms with Crippen LogP contribution in [0.25, 0.3) is 0 Å². The number of nitrogens with one attached hydrogen (secondary N) is 1. The summed E-state index contributed by atoms with van der Waals surface area (Å²) in [6, 6.07) is 5.49. The fourth-order valence-electron chi connectivity index (χ4n) is 2.23. The molecule has 2 N–H and O–H groups in total. The van der Waals surface area contributed by atoms with Gasteiger partial charge in [-0.15, -0.1) is 0 Å². The summed E-state index contributed by atoms with van der Waals surface area (Å²) in [6.07, 6.45) is -0.0308. The highest BCUT2D eigenvalue weighted by Crippen LogP contribution is 2.27. The van der Waals surface area contributed by atoms with Crippen LogP contribution in [-0.4, -0.2) is 42.2 Å². The van der Waals surface area contributed by atoms with Crippen LogP contribution in [-0.2, 0) is 14.4 Å². The molecule has 1 fully saturated rings. The first-order valence-corrected chi connectivity index (χ1v) is 7.36. The Kier molecular flexibility index (Phi) is 5.12. The molecule has 6 nitrogen and oxygen atoms in total. The highest BCUT2D eigenvalue weighted by Gasteiger charge is 2.36. The number of hydrogen-bond acceptors (Lipinski definition) is 3. The van der Waals surface area contributed by atoms with Gasteiger partial charge in [0.25, 0.3) is 0 Å². The highest BCUT2D eigenvalue weighted by molar-refractivity contribution is 9.10. The first-order chi connectivity index (χ1) is 10.4. The third-order valence-electron chi connectivity index (χ3n) is 3.38. The molecule has 2 unspecified atom stereocenters. The smallest absolute Gasteiger partial charge is 0.328 e. The maximum atomic E-state index is 12.5. The van der Waals surface area contributed by atoms with Crippen LogP contribution >= 0.6 is 15.9 Å². The maximum Gasteiger partial charge on any atom is 0.328 e. The van der Waals surface area contributed by atoms with Crippen molar-refractivity contribution in [2.75, 3.05) is 18.1 Å². The Labute approximate surface area is 134 Å². The molecular formula is C14H14BrFN2O4. The van der Waals surface area contributed by atoms with Crippen molar-refractivity contribution in [3.63, 3.8) is 0 Å². The lowest BCUT2D eigenvalue weighted by molar-refractivity contribution is -0.142. The van der Waals surface area contributed by atoms with Gasteiger partial charge in [-0.2, -0.15) is 0 Å². The van der Waals surface area contributed by atoms with Crippen LogP contribution in [0, 0.1) is 5.92 Å². The van der Waals surface area contributed by atoms with E-state index in [1.165, 1.54) is 4.90 Å². The Morgan fingerprint density at radius 2 is 2.23 bits per heavy atom. The van der Waals surface area contributed by atoms with E-state index in [0.29, 0.717) is 5.69 Å². The number of anilines is 1. The van der Waals surface area contributed by atoms with E-state index in [-0.39, 0.29) is 18.9 Å². The minimum Gasteiger partial charge on any atom is -0.480 e. The number of carbonyl (C=O) groups is 3.